The molecule has 0 unspecified atom stereocenters. The zero-order valence-corrected chi connectivity index (χ0v) is 21.3. The van der Waals surface area contributed by atoms with E-state index >= 15 is 0 Å². The average Bonchev–Trinajstić information content (AvgIpc) is 2.72. The van der Waals surface area contributed by atoms with Crippen molar-refractivity contribution >= 4 is 17.5 Å². The molecule has 2 aliphatic rings. The van der Waals surface area contributed by atoms with E-state index in [-0.39, 0.29) is 50.0 Å². The van der Waals surface area contributed by atoms with Gasteiger partial charge in [0.1, 0.15) is 11.6 Å². The maximum absolute atomic E-state index is 7.64. The van der Waals surface area contributed by atoms with Crippen LogP contribution in [-0.2, 0) is 13.0 Å². The Morgan fingerprint density at radius 3 is 2.66 bits per heavy atom. The molecule has 1 aromatic heterocycles. The minimum Gasteiger partial charge on any atom is -0.697 e. The number of fused-ring (bicyclic) bond motifs is 1. The third-order valence-corrected chi connectivity index (χ3v) is 5.70. The van der Waals surface area contributed by atoms with Crippen molar-refractivity contribution in [1.82, 2.24) is 9.88 Å². The maximum Gasteiger partial charge on any atom is 0.188 e. The Balaban J connectivity index is 0.00000240. The summed E-state index contributed by atoms with van der Waals surface area (Å²) in [7, 11) is 0. The number of piperidine rings is 1. The Bertz CT molecular complexity index is 836. The Morgan fingerprint density at radius 1 is 1.17 bits per heavy atom. The molecule has 0 aliphatic carbocycles. The van der Waals surface area contributed by atoms with Gasteiger partial charge >= 0.3 is 0 Å². The summed E-state index contributed by atoms with van der Waals surface area (Å²) in [5.74, 6) is 2.53. The maximum atomic E-state index is 7.64. The number of nitrogens with one attached hydrogen (secondary N) is 2. The second-order valence-electron chi connectivity index (χ2n) is 7.63. The van der Waals surface area contributed by atoms with Gasteiger partial charge in [0.15, 0.2) is 5.96 Å². The number of hydrogen-bond donors (Lipinski definition) is 2. The Hall–Kier alpha value is -1.52. The van der Waals surface area contributed by atoms with Crippen molar-refractivity contribution in [2.75, 3.05) is 31.1 Å². The van der Waals surface area contributed by atoms with Gasteiger partial charge in [0.25, 0.3) is 0 Å². The first-order chi connectivity index (χ1) is 13.6. The Labute approximate surface area is 207 Å². The van der Waals surface area contributed by atoms with Crippen LogP contribution < -0.4 is 15.4 Å². The van der Waals surface area contributed by atoms with Crippen molar-refractivity contribution in [3.8, 4) is 5.75 Å². The average molecular weight is 606 g/mol. The molecule has 2 aromatic rings. The molecule has 1 aromatic carbocycles. The zero-order valence-electron chi connectivity index (χ0n) is 16.6. The number of nitrogens with two attached hydrogens (primary N) is 1. The van der Waals surface area contributed by atoms with E-state index in [9.17, 15) is 0 Å². The van der Waals surface area contributed by atoms with Crippen molar-refractivity contribution in [2.24, 2.45) is 11.7 Å². The summed E-state index contributed by atoms with van der Waals surface area (Å²) in [6, 6.07) is 10.0. The second-order valence-corrected chi connectivity index (χ2v) is 7.63. The van der Waals surface area contributed by atoms with Crippen LogP contribution in [0.25, 0.3) is 5.73 Å². The molecule has 4 rings (SSSR count). The minimum absolute atomic E-state index is 0. The molecular formula is C21H27AcN6O-. The molecular weight excluding hydrogens is 579 g/mol. The SMILES string of the molecule is N=C(N)N1CCc2ccc(OCC3CCN(c4ccc([NH-])cn4)CC3)cc2C1.[Ac]. The number of nitrogens with zero attached hydrogens (tertiary/aromatic N) is 3. The molecule has 1 fully saturated rings. The molecule has 0 bridgehead atoms. The van der Waals surface area contributed by atoms with Crippen molar-refractivity contribution < 1.29 is 48.8 Å². The van der Waals surface area contributed by atoms with E-state index in [2.05, 4.69) is 28.1 Å². The summed E-state index contributed by atoms with van der Waals surface area (Å²) in [4.78, 5) is 8.53. The van der Waals surface area contributed by atoms with Crippen LogP contribution >= 0.6 is 0 Å². The first-order valence-electron chi connectivity index (χ1n) is 9.84. The first kappa shape index (κ1) is 22.2. The van der Waals surface area contributed by atoms with Gasteiger partial charge in [0.2, 0.25) is 0 Å². The summed E-state index contributed by atoms with van der Waals surface area (Å²) in [6.45, 7) is 4.15. The predicted molar refractivity (Wildman–Crippen MR) is 111 cm³/mol. The number of pyridine rings is 1. The fourth-order valence-corrected chi connectivity index (χ4v) is 3.94. The quantitative estimate of drug-likeness (QED) is 0.411. The molecule has 4 N–H and O–H groups in total. The minimum atomic E-state index is 0. The third kappa shape index (κ3) is 5.55. The van der Waals surface area contributed by atoms with E-state index in [1.165, 1.54) is 11.1 Å². The normalized spacial score (nSPS) is 16.7. The van der Waals surface area contributed by atoms with Gasteiger partial charge in [-0.15, -0.1) is 5.69 Å². The molecule has 1 saturated heterocycles. The van der Waals surface area contributed by atoms with Gasteiger partial charge in [-0.25, -0.2) is 4.98 Å². The third-order valence-electron chi connectivity index (χ3n) is 5.70. The van der Waals surface area contributed by atoms with Crippen LogP contribution in [0.2, 0.25) is 0 Å². The fraction of sp³-hybridized carbons (Fsp3) is 0.429. The molecule has 3 heterocycles. The molecule has 0 spiro atoms. The smallest absolute Gasteiger partial charge is 0.188 e. The molecule has 151 valence electrons. The summed E-state index contributed by atoms with van der Waals surface area (Å²) in [5, 5.41) is 7.64. The number of ether oxygens (including phenoxy) is 1. The Kier molecular flexibility index (Phi) is 7.64. The van der Waals surface area contributed by atoms with Gasteiger partial charge in [-0.2, -0.15) is 0 Å². The van der Waals surface area contributed by atoms with E-state index < -0.39 is 0 Å². The molecule has 0 atom stereocenters. The predicted octanol–water partition coefficient (Wildman–Crippen LogP) is 3.31. The topological polar surface area (TPSA) is 102 Å². The van der Waals surface area contributed by atoms with Crippen LogP contribution in [0.3, 0.4) is 0 Å². The van der Waals surface area contributed by atoms with Crippen LogP contribution in [0.1, 0.15) is 24.0 Å². The van der Waals surface area contributed by atoms with E-state index in [0.29, 0.717) is 18.2 Å². The summed E-state index contributed by atoms with van der Waals surface area (Å²) < 4.78 is 6.10. The summed E-state index contributed by atoms with van der Waals surface area (Å²) in [5.41, 5.74) is 16.2. The fourth-order valence-electron chi connectivity index (χ4n) is 3.94. The number of aromatic nitrogens is 1. The molecule has 0 saturated carbocycles. The first-order valence-corrected chi connectivity index (χ1v) is 9.84. The second kappa shape index (κ2) is 9.99. The summed E-state index contributed by atoms with van der Waals surface area (Å²) >= 11 is 0. The van der Waals surface area contributed by atoms with Crippen molar-refractivity contribution in [1.29, 1.82) is 5.41 Å². The number of guanidine groups is 1. The molecule has 2 aliphatic heterocycles. The number of hydrogen-bond acceptors (Lipinski definition) is 4. The van der Waals surface area contributed by atoms with E-state index in [0.717, 1.165) is 57.1 Å². The summed E-state index contributed by atoms with van der Waals surface area (Å²) in [6.07, 6.45) is 4.68. The van der Waals surface area contributed by atoms with Crippen molar-refractivity contribution in [3.05, 3.63) is 53.4 Å². The zero-order chi connectivity index (χ0) is 19.5. The molecule has 7 nitrogen and oxygen atoms in total. The van der Waals surface area contributed by atoms with Crippen LogP contribution in [0.4, 0.5) is 11.5 Å². The van der Waals surface area contributed by atoms with Gasteiger partial charge in [-0.1, -0.05) is 12.1 Å². The van der Waals surface area contributed by atoms with Crippen LogP contribution in [-0.4, -0.2) is 42.1 Å². The van der Waals surface area contributed by atoms with Gasteiger partial charge in [-0.05, 0) is 54.5 Å². The van der Waals surface area contributed by atoms with Gasteiger partial charge < -0.3 is 26.0 Å². The van der Waals surface area contributed by atoms with Crippen LogP contribution in [0, 0.1) is 55.4 Å². The Morgan fingerprint density at radius 2 is 1.97 bits per heavy atom. The van der Waals surface area contributed by atoms with E-state index in [4.69, 9.17) is 21.6 Å². The molecule has 1 radical (unpaired) electrons. The monoisotopic (exact) mass is 606 g/mol. The van der Waals surface area contributed by atoms with E-state index in [1.807, 2.05) is 11.0 Å². The van der Waals surface area contributed by atoms with Crippen LogP contribution in [0.15, 0.2) is 36.5 Å². The standard InChI is InChI=1S/C21H27N6O.Ac/c22-18-2-4-20(25-12-18)26-8-5-15(6-9-26)14-28-19-3-1-16-7-10-27(21(23)24)13-17(16)11-19;/h1-4,11-12,15,22H,5-10,13-14H2,(H3,23,24);/q-1;. The number of benzene rings is 1. The number of anilines is 1. The van der Waals surface area contributed by atoms with Gasteiger partial charge in [0, 0.05) is 76.4 Å². The van der Waals surface area contributed by atoms with Crippen LogP contribution in [0.5, 0.6) is 5.75 Å². The largest absolute Gasteiger partial charge is 0.697 e. The van der Waals surface area contributed by atoms with E-state index in [1.54, 1.807) is 12.3 Å². The molecule has 29 heavy (non-hydrogen) atoms. The van der Waals surface area contributed by atoms with Gasteiger partial charge in [0.05, 0.1) is 6.61 Å². The molecule has 8 heteroatoms. The van der Waals surface area contributed by atoms with Crippen molar-refractivity contribution in [3.63, 3.8) is 0 Å². The molecule has 0 amide bonds. The number of rotatable bonds is 4. The van der Waals surface area contributed by atoms with Crippen molar-refractivity contribution in [2.45, 2.75) is 25.8 Å². The van der Waals surface area contributed by atoms with Gasteiger partial charge in [-0.3, -0.25) is 5.41 Å².